The molecule has 0 amide bonds. The standard InChI is InChI=1S/C10H14BrNO/c1-7-5-8(3-4-12)6-9(13-2)10(7)11/h5-6H,3-4,12H2,1-2H3. The van der Waals surface area contributed by atoms with Gasteiger partial charge in [-0.2, -0.15) is 0 Å². The van der Waals surface area contributed by atoms with Gasteiger partial charge in [-0.25, -0.2) is 0 Å². The van der Waals surface area contributed by atoms with E-state index in [0.29, 0.717) is 6.54 Å². The predicted molar refractivity (Wildman–Crippen MR) is 58.2 cm³/mol. The van der Waals surface area contributed by atoms with Crippen LogP contribution < -0.4 is 10.5 Å². The number of hydrogen-bond donors (Lipinski definition) is 1. The average Bonchev–Trinajstić information content (AvgIpc) is 2.11. The third-order valence-electron chi connectivity index (χ3n) is 1.93. The van der Waals surface area contributed by atoms with E-state index in [9.17, 15) is 0 Å². The van der Waals surface area contributed by atoms with Gasteiger partial charge in [0.1, 0.15) is 5.75 Å². The molecule has 1 aromatic carbocycles. The van der Waals surface area contributed by atoms with Crippen molar-refractivity contribution in [2.75, 3.05) is 13.7 Å². The van der Waals surface area contributed by atoms with Crippen LogP contribution in [-0.2, 0) is 6.42 Å². The summed E-state index contributed by atoms with van der Waals surface area (Å²) in [6.07, 6.45) is 0.893. The van der Waals surface area contributed by atoms with Crippen LogP contribution >= 0.6 is 15.9 Å². The van der Waals surface area contributed by atoms with Crippen molar-refractivity contribution in [3.63, 3.8) is 0 Å². The molecule has 2 N–H and O–H groups in total. The minimum Gasteiger partial charge on any atom is -0.496 e. The first-order valence-corrected chi connectivity index (χ1v) is 5.01. The highest BCUT2D eigenvalue weighted by atomic mass is 79.9. The Bertz CT molecular complexity index is 299. The molecule has 0 aromatic heterocycles. The zero-order valence-electron chi connectivity index (χ0n) is 7.93. The first kappa shape index (κ1) is 10.5. The SMILES string of the molecule is COc1cc(CCN)cc(C)c1Br. The smallest absolute Gasteiger partial charge is 0.133 e. The van der Waals surface area contributed by atoms with Crippen LogP contribution in [0.15, 0.2) is 16.6 Å². The molecule has 1 rings (SSSR count). The van der Waals surface area contributed by atoms with Crippen molar-refractivity contribution in [1.82, 2.24) is 0 Å². The maximum absolute atomic E-state index is 5.49. The minimum atomic E-state index is 0.671. The Morgan fingerprint density at radius 2 is 2.15 bits per heavy atom. The Kier molecular flexibility index (Phi) is 3.75. The molecule has 13 heavy (non-hydrogen) atoms. The molecule has 2 nitrogen and oxygen atoms in total. The van der Waals surface area contributed by atoms with E-state index in [1.165, 1.54) is 11.1 Å². The van der Waals surface area contributed by atoms with E-state index in [1.807, 2.05) is 13.0 Å². The summed E-state index contributed by atoms with van der Waals surface area (Å²) < 4.78 is 6.25. The van der Waals surface area contributed by atoms with Crippen molar-refractivity contribution in [2.24, 2.45) is 5.73 Å². The molecule has 0 radical (unpaired) electrons. The third kappa shape index (κ3) is 2.45. The van der Waals surface area contributed by atoms with E-state index in [4.69, 9.17) is 10.5 Å². The van der Waals surface area contributed by atoms with Gasteiger partial charge in [0.2, 0.25) is 0 Å². The summed E-state index contributed by atoms with van der Waals surface area (Å²) in [5.41, 5.74) is 7.89. The summed E-state index contributed by atoms with van der Waals surface area (Å²) in [6.45, 7) is 2.72. The van der Waals surface area contributed by atoms with E-state index in [-0.39, 0.29) is 0 Å². The number of hydrogen-bond acceptors (Lipinski definition) is 2. The van der Waals surface area contributed by atoms with Crippen LogP contribution in [0, 0.1) is 6.92 Å². The minimum absolute atomic E-state index is 0.671. The number of rotatable bonds is 3. The van der Waals surface area contributed by atoms with E-state index in [0.717, 1.165) is 16.6 Å². The van der Waals surface area contributed by atoms with Gasteiger partial charge in [-0.15, -0.1) is 0 Å². The van der Waals surface area contributed by atoms with E-state index in [2.05, 4.69) is 22.0 Å². The van der Waals surface area contributed by atoms with Crippen molar-refractivity contribution >= 4 is 15.9 Å². The molecule has 0 atom stereocenters. The molecule has 0 saturated heterocycles. The number of methoxy groups -OCH3 is 1. The normalized spacial score (nSPS) is 10.2. The van der Waals surface area contributed by atoms with E-state index < -0.39 is 0 Å². The lowest BCUT2D eigenvalue weighted by Gasteiger charge is -2.08. The first-order valence-electron chi connectivity index (χ1n) is 4.22. The van der Waals surface area contributed by atoms with Crippen LogP contribution in [0.3, 0.4) is 0 Å². The largest absolute Gasteiger partial charge is 0.496 e. The summed E-state index contributed by atoms with van der Waals surface area (Å²) in [6, 6.07) is 4.14. The Morgan fingerprint density at radius 3 is 2.69 bits per heavy atom. The topological polar surface area (TPSA) is 35.2 Å². The van der Waals surface area contributed by atoms with Crippen molar-refractivity contribution in [3.05, 3.63) is 27.7 Å². The lowest BCUT2D eigenvalue weighted by atomic mass is 10.1. The van der Waals surface area contributed by atoms with Crippen LogP contribution in [0.5, 0.6) is 5.75 Å². The molecule has 0 bridgehead atoms. The van der Waals surface area contributed by atoms with Gasteiger partial charge in [0.05, 0.1) is 11.6 Å². The molecule has 0 fully saturated rings. The maximum atomic E-state index is 5.49. The van der Waals surface area contributed by atoms with Gasteiger partial charge in [-0.1, -0.05) is 6.07 Å². The molecule has 72 valence electrons. The molecule has 1 aromatic rings. The van der Waals surface area contributed by atoms with E-state index >= 15 is 0 Å². The maximum Gasteiger partial charge on any atom is 0.133 e. The highest BCUT2D eigenvalue weighted by molar-refractivity contribution is 9.10. The average molecular weight is 244 g/mol. The summed E-state index contributed by atoms with van der Waals surface area (Å²) in [7, 11) is 1.67. The fraction of sp³-hybridized carbons (Fsp3) is 0.400. The summed E-state index contributed by atoms with van der Waals surface area (Å²) in [5.74, 6) is 0.878. The lowest BCUT2D eigenvalue weighted by molar-refractivity contribution is 0.411. The van der Waals surface area contributed by atoms with Gasteiger partial charge in [-0.3, -0.25) is 0 Å². The number of ether oxygens (including phenoxy) is 1. The molecule has 0 saturated carbocycles. The number of aryl methyl sites for hydroxylation is 1. The summed E-state index contributed by atoms with van der Waals surface area (Å²) in [4.78, 5) is 0. The Balaban J connectivity index is 3.06. The zero-order valence-corrected chi connectivity index (χ0v) is 9.52. The van der Waals surface area contributed by atoms with Crippen LogP contribution in [0.1, 0.15) is 11.1 Å². The van der Waals surface area contributed by atoms with Crippen LogP contribution in [0.25, 0.3) is 0 Å². The number of halogens is 1. The van der Waals surface area contributed by atoms with Gasteiger partial charge in [-0.05, 0) is 53.0 Å². The fourth-order valence-corrected chi connectivity index (χ4v) is 1.66. The number of nitrogens with two attached hydrogens (primary N) is 1. The second-order valence-corrected chi connectivity index (χ2v) is 3.76. The second-order valence-electron chi connectivity index (χ2n) is 2.97. The first-order chi connectivity index (χ1) is 6.19. The molecule has 0 aliphatic rings. The molecular formula is C10H14BrNO. The molecule has 3 heteroatoms. The van der Waals surface area contributed by atoms with Crippen LogP contribution in [-0.4, -0.2) is 13.7 Å². The highest BCUT2D eigenvalue weighted by Gasteiger charge is 2.05. The van der Waals surface area contributed by atoms with Crippen molar-refractivity contribution < 1.29 is 4.74 Å². The quantitative estimate of drug-likeness (QED) is 0.885. The van der Waals surface area contributed by atoms with E-state index in [1.54, 1.807) is 7.11 Å². The van der Waals surface area contributed by atoms with Crippen LogP contribution in [0.4, 0.5) is 0 Å². The zero-order chi connectivity index (χ0) is 9.84. The molecule has 0 aliphatic heterocycles. The lowest BCUT2D eigenvalue weighted by Crippen LogP contribution is -2.03. The van der Waals surface area contributed by atoms with Crippen molar-refractivity contribution in [2.45, 2.75) is 13.3 Å². The molecule has 0 aliphatic carbocycles. The predicted octanol–water partition coefficient (Wildman–Crippen LogP) is 2.27. The molecule has 0 unspecified atom stereocenters. The summed E-state index contributed by atoms with van der Waals surface area (Å²) in [5, 5.41) is 0. The fourth-order valence-electron chi connectivity index (χ4n) is 1.27. The number of benzene rings is 1. The van der Waals surface area contributed by atoms with Crippen LogP contribution in [0.2, 0.25) is 0 Å². The van der Waals surface area contributed by atoms with Gasteiger partial charge in [0, 0.05) is 0 Å². The van der Waals surface area contributed by atoms with Gasteiger partial charge in [0.25, 0.3) is 0 Å². The molecule has 0 spiro atoms. The van der Waals surface area contributed by atoms with Gasteiger partial charge in [0.15, 0.2) is 0 Å². The Hall–Kier alpha value is -0.540. The third-order valence-corrected chi connectivity index (χ3v) is 2.95. The Labute approximate surface area is 87.2 Å². The molecule has 0 heterocycles. The summed E-state index contributed by atoms with van der Waals surface area (Å²) >= 11 is 3.47. The van der Waals surface area contributed by atoms with Gasteiger partial charge >= 0.3 is 0 Å². The highest BCUT2D eigenvalue weighted by Crippen LogP contribution is 2.29. The monoisotopic (exact) mass is 243 g/mol. The second kappa shape index (κ2) is 4.63. The van der Waals surface area contributed by atoms with Gasteiger partial charge < -0.3 is 10.5 Å². The van der Waals surface area contributed by atoms with Crippen molar-refractivity contribution in [1.29, 1.82) is 0 Å². The van der Waals surface area contributed by atoms with Crippen molar-refractivity contribution in [3.8, 4) is 5.75 Å². The molecular weight excluding hydrogens is 230 g/mol. The Morgan fingerprint density at radius 1 is 1.46 bits per heavy atom.